The van der Waals surface area contributed by atoms with Crippen molar-refractivity contribution in [3.05, 3.63) is 74.3 Å². The first-order valence-corrected chi connectivity index (χ1v) is 6.98. The Hall–Kier alpha value is -3.00. The summed E-state index contributed by atoms with van der Waals surface area (Å²) in [5.41, 5.74) is 1.77. The fourth-order valence-electron chi connectivity index (χ4n) is 2.01. The van der Waals surface area contributed by atoms with Gasteiger partial charge in [-0.2, -0.15) is 0 Å². The van der Waals surface area contributed by atoms with Crippen LogP contribution in [0.3, 0.4) is 0 Å². The second kappa shape index (κ2) is 7.85. The summed E-state index contributed by atoms with van der Waals surface area (Å²) in [6.45, 7) is 1.82. The molecule has 0 unspecified atom stereocenters. The molecular weight excluding hydrogens is 300 g/mol. The third-order valence-electron chi connectivity index (χ3n) is 3.16. The molecule has 0 bridgehead atoms. The average Bonchev–Trinajstić information content (AvgIpc) is 2.55. The number of anilines is 1. The van der Waals surface area contributed by atoms with Gasteiger partial charge in [0.05, 0.1) is 9.85 Å². The van der Waals surface area contributed by atoms with Gasteiger partial charge in [0.2, 0.25) is 0 Å². The normalized spacial score (nSPS) is 10.3. The van der Waals surface area contributed by atoms with Gasteiger partial charge in [0.25, 0.3) is 11.4 Å². The zero-order valence-electron chi connectivity index (χ0n) is 12.3. The molecule has 8 nitrogen and oxygen atoms in total. The van der Waals surface area contributed by atoms with Crippen LogP contribution in [0.5, 0.6) is 0 Å². The molecule has 0 aliphatic carbocycles. The van der Waals surface area contributed by atoms with E-state index in [9.17, 15) is 20.2 Å². The van der Waals surface area contributed by atoms with Crippen LogP contribution in [-0.4, -0.2) is 22.9 Å². The molecule has 2 aromatic rings. The average molecular weight is 316 g/mol. The minimum absolute atomic E-state index is 0.0550. The van der Waals surface area contributed by atoms with E-state index in [1.54, 1.807) is 18.2 Å². The highest BCUT2D eigenvalue weighted by atomic mass is 16.6. The van der Waals surface area contributed by atoms with Gasteiger partial charge < -0.3 is 10.6 Å². The lowest BCUT2D eigenvalue weighted by Gasteiger charge is -2.08. The van der Waals surface area contributed by atoms with E-state index in [0.717, 1.165) is 11.3 Å². The second-order valence-electron chi connectivity index (χ2n) is 4.83. The maximum Gasteiger partial charge on any atom is 0.269 e. The number of rotatable bonds is 8. The minimum Gasteiger partial charge on any atom is -0.384 e. The Balaban J connectivity index is 1.72. The molecule has 0 saturated heterocycles. The first kappa shape index (κ1) is 16.4. The second-order valence-corrected chi connectivity index (χ2v) is 4.83. The number of nitro benzene ring substituents is 2. The summed E-state index contributed by atoms with van der Waals surface area (Å²) in [6.07, 6.45) is 0. The van der Waals surface area contributed by atoms with Crippen LogP contribution in [-0.2, 0) is 6.54 Å². The van der Waals surface area contributed by atoms with Crippen LogP contribution in [0.4, 0.5) is 17.1 Å². The third-order valence-corrected chi connectivity index (χ3v) is 3.16. The van der Waals surface area contributed by atoms with Crippen LogP contribution in [0.15, 0.2) is 48.5 Å². The van der Waals surface area contributed by atoms with Crippen molar-refractivity contribution in [2.45, 2.75) is 6.54 Å². The Bertz CT molecular complexity index is 688. The summed E-state index contributed by atoms with van der Waals surface area (Å²) in [5, 5.41) is 27.5. The lowest BCUT2D eigenvalue weighted by atomic mass is 10.2. The van der Waals surface area contributed by atoms with Crippen LogP contribution in [0.2, 0.25) is 0 Å². The number of nitro groups is 2. The first-order chi connectivity index (χ1) is 11.1. The number of hydrogen-bond donors (Lipinski definition) is 2. The molecule has 23 heavy (non-hydrogen) atoms. The highest BCUT2D eigenvalue weighted by Crippen LogP contribution is 2.15. The van der Waals surface area contributed by atoms with Crippen molar-refractivity contribution in [2.24, 2.45) is 0 Å². The van der Waals surface area contributed by atoms with Gasteiger partial charge in [-0.1, -0.05) is 12.1 Å². The molecule has 0 aliphatic heterocycles. The van der Waals surface area contributed by atoms with Crippen molar-refractivity contribution in [3.8, 4) is 0 Å². The maximum atomic E-state index is 10.7. The lowest BCUT2D eigenvalue weighted by Crippen LogP contribution is -2.21. The summed E-state index contributed by atoms with van der Waals surface area (Å²) in [6, 6.07) is 12.7. The van der Waals surface area contributed by atoms with Crippen LogP contribution < -0.4 is 10.6 Å². The Morgan fingerprint density at radius 2 is 1.57 bits per heavy atom. The molecule has 2 rings (SSSR count). The highest BCUT2D eigenvalue weighted by molar-refractivity contribution is 5.48. The SMILES string of the molecule is O=[N+]([O-])c1ccc(NCCNCc2cccc([N+](=O)[O-])c2)cc1. The number of nitrogens with one attached hydrogen (secondary N) is 2. The summed E-state index contributed by atoms with van der Waals surface area (Å²) >= 11 is 0. The van der Waals surface area contributed by atoms with Crippen LogP contribution in [0.1, 0.15) is 5.56 Å². The van der Waals surface area contributed by atoms with Gasteiger partial charge in [-0.15, -0.1) is 0 Å². The molecule has 2 N–H and O–H groups in total. The predicted molar refractivity (Wildman–Crippen MR) is 86.4 cm³/mol. The van der Waals surface area contributed by atoms with Gasteiger partial charge in [0.15, 0.2) is 0 Å². The lowest BCUT2D eigenvalue weighted by molar-refractivity contribution is -0.385. The van der Waals surface area contributed by atoms with Crippen LogP contribution >= 0.6 is 0 Å². The van der Waals surface area contributed by atoms with E-state index < -0.39 is 9.85 Å². The summed E-state index contributed by atoms with van der Waals surface area (Å²) in [5.74, 6) is 0. The number of non-ortho nitro benzene ring substituents is 2. The Morgan fingerprint density at radius 1 is 0.870 bits per heavy atom. The van der Waals surface area contributed by atoms with E-state index in [1.807, 2.05) is 6.07 Å². The van der Waals surface area contributed by atoms with Crippen molar-refractivity contribution < 1.29 is 9.85 Å². The van der Waals surface area contributed by atoms with Crippen LogP contribution in [0.25, 0.3) is 0 Å². The smallest absolute Gasteiger partial charge is 0.269 e. The van der Waals surface area contributed by atoms with E-state index in [0.29, 0.717) is 19.6 Å². The van der Waals surface area contributed by atoms with Gasteiger partial charge in [0, 0.05) is 49.6 Å². The van der Waals surface area contributed by atoms with Gasteiger partial charge in [-0.25, -0.2) is 0 Å². The molecule has 0 saturated carbocycles. The van der Waals surface area contributed by atoms with Gasteiger partial charge >= 0.3 is 0 Å². The zero-order chi connectivity index (χ0) is 16.7. The quantitative estimate of drug-likeness (QED) is 0.440. The summed E-state index contributed by atoms with van der Waals surface area (Å²) < 4.78 is 0. The van der Waals surface area contributed by atoms with Crippen molar-refractivity contribution in [2.75, 3.05) is 18.4 Å². The largest absolute Gasteiger partial charge is 0.384 e. The van der Waals surface area contributed by atoms with E-state index >= 15 is 0 Å². The molecule has 0 amide bonds. The van der Waals surface area contributed by atoms with Gasteiger partial charge in [-0.05, 0) is 17.7 Å². The topological polar surface area (TPSA) is 110 Å². The van der Waals surface area contributed by atoms with Crippen molar-refractivity contribution in [3.63, 3.8) is 0 Å². The molecule has 2 aromatic carbocycles. The Morgan fingerprint density at radius 3 is 2.22 bits per heavy atom. The van der Waals surface area contributed by atoms with Gasteiger partial charge in [0.1, 0.15) is 0 Å². The molecule has 0 aliphatic rings. The van der Waals surface area contributed by atoms with Crippen molar-refractivity contribution in [1.29, 1.82) is 0 Å². The molecule has 0 fully saturated rings. The summed E-state index contributed by atoms with van der Waals surface area (Å²) in [7, 11) is 0. The molecule has 0 atom stereocenters. The fourth-order valence-corrected chi connectivity index (χ4v) is 2.01. The summed E-state index contributed by atoms with van der Waals surface area (Å²) in [4.78, 5) is 20.4. The minimum atomic E-state index is -0.440. The molecular formula is C15H16N4O4. The van der Waals surface area contributed by atoms with Crippen LogP contribution in [0, 0.1) is 20.2 Å². The molecule has 0 radical (unpaired) electrons. The van der Waals surface area contributed by atoms with E-state index in [2.05, 4.69) is 10.6 Å². The Kier molecular flexibility index (Phi) is 5.59. The van der Waals surface area contributed by atoms with Crippen molar-refractivity contribution >= 4 is 17.1 Å². The van der Waals surface area contributed by atoms with Gasteiger partial charge in [-0.3, -0.25) is 20.2 Å². The predicted octanol–water partition coefficient (Wildman–Crippen LogP) is 2.70. The monoisotopic (exact) mass is 316 g/mol. The zero-order valence-corrected chi connectivity index (χ0v) is 12.3. The number of nitrogens with zero attached hydrogens (tertiary/aromatic N) is 2. The number of benzene rings is 2. The first-order valence-electron chi connectivity index (χ1n) is 6.98. The van der Waals surface area contributed by atoms with E-state index in [4.69, 9.17) is 0 Å². The molecule has 0 heterocycles. The fraction of sp³-hybridized carbons (Fsp3) is 0.200. The van der Waals surface area contributed by atoms with E-state index in [-0.39, 0.29) is 11.4 Å². The molecule has 8 heteroatoms. The maximum absolute atomic E-state index is 10.7. The van der Waals surface area contributed by atoms with E-state index in [1.165, 1.54) is 24.3 Å². The third kappa shape index (κ3) is 5.04. The molecule has 0 spiro atoms. The highest BCUT2D eigenvalue weighted by Gasteiger charge is 2.05. The standard InChI is InChI=1S/C15H16N4O4/c20-18(21)14-6-4-13(5-7-14)17-9-8-16-11-12-2-1-3-15(10-12)19(22)23/h1-7,10,16-17H,8-9,11H2. The molecule has 0 aromatic heterocycles. The van der Waals surface area contributed by atoms with Crippen molar-refractivity contribution in [1.82, 2.24) is 5.32 Å². The molecule has 120 valence electrons. The Labute approximate surface area is 132 Å². The number of hydrogen-bond acceptors (Lipinski definition) is 6.